The Morgan fingerprint density at radius 2 is 1.75 bits per heavy atom. The highest BCUT2D eigenvalue weighted by molar-refractivity contribution is 4.66. The first-order chi connectivity index (χ1) is 5.76. The summed E-state index contributed by atoms with van der Waals surface area (Å²) in [6.07, 6.45) is 1.23. The predicted molar refractivity (Wildman–Crippen MR) is 55.5 cm³/mol. The highest BCUT2D eigenvalue weighted by Gasteiger charge is 2.07. The van der Waals surface area contributed by atoms with Crippen LogP contribution in [0.2, 0.25) is 0 Å². The fourth-order valence-corrected chi connectivity index (χ4v) is 1.46. The van der Waals surface area contributed by atoms with Gasteiger partial charge < -0.3 is 5.32 Å². The molecule has 0 spiro atoms. The van der Waals surface area contributed by atoms with Gasteiger partial charge in [0.05, 0.1) is 0 Å². The second-order valence-corrected chi connectivity index (χ2v) is 3.27. The SMILES string of the molecule is CCCNCC(C)N(CC)CC. The summed E-state index contributed by atoms with van der Waals surface area (Å²) in [6.45, 7) is 13.5. The molecular weight excluding hydrogens is 148 g/mol. The molecule has 0 aliphatic carbocycles. The fraction of sp³-hybridized carbons (Fsp3) is 1.00. The van der Waals surface area contributed by atoms with Gasteiger partial charge in [-0.05, 0) is 33.0 Å². The van der Waals surface area contributed by atoms with E-state index >= 15 is 0 Å². The average molecular weight is 172 g/mol. The van der Waals surface area contributed by atoms with Gasteiger partial charge in [-0.15, -0.1) is 0 Å². The number of hydrogen-bond acceptors (Lipinski definition) is 2. The van der Waals surface area contributed by atoms with Crippen LogP contribution in [0.3, 0.4) is 0 Å². The second-order valence-electron chi connectivity index (χ2n) is 3.27. The van der Waals surface area contributed by atoms with E-state index in [0.717, 1.165) is 26.2 Å². The van der Waals surface area contributed by atoms with E-state index in [2.05, 4.69) is 37.9 Å². The Kier molecular flexibility index (Phi) is 7.51. The number of nitrogens with zero attached hydrogens (tertiary/aromatic N) is 1. The second kappa shape index (κ2) is 7.56. The van der Waals surface area contributed by atoms with Crippen molar-refractivity contribution < 1.29 is 0 Å². The molecule has 0 amide bonds. The Morgan fingerprint density at radius 3 is 2.17 bits per heavy atom. The van der Waals surface area contributed by atoms with Gasteiger partial charge in [0.1, 0.15) is 0 Å². The Hall–Kier alpha value is -0.0800. The zero-order valence-corrected chi connectivity index (χ0v) is 9.06. The van der Waals surface area contributed by atoms with E-state index in [9.17, 15) is 0 Å². The Bertz CT molecular complexity index is 89.8. The van der Waals surface area contributed by atoms with Crippen LogP contribution >= 0.6 is 0 Å². The van der Waals surface area contributed by atoms with Crippen LogP contribution in [-0.4, -0.2) is 37.1 Å². The van der Waals surface area contributed by atoms with E-state index < -0.39 is 0 Å². The molecule has 0 fully saturated rings. The molecule has 0 rings (SSSR count). The first-order valence-electron chi connectivity index (χ1n) is 5.20. The van der Waals surface area contributed by atoms with E-state index in [-0.39, 0.29) is 0 Å². The normalized spacial score (nSPS) is 13.8. The number of rotatable bonds is 7. The first kappa shape index (κ1) is 11.9. The van der Waals surface area contributed by atoms with Crippen molar-refractivity contribution in [2.24, 2.45) is 0 Å². The first-order valence-corrected chi connectivity index (χ1v) is 5.20. The molecule has 0 aliphatic heterocycles. The predicted octanol–water partition coefficient (Wildman–Crippen LogP) is 1.72. The third-order valence-corrected chi connectivity index (χ3v) is 2.30. The maximum atomic E-state index is 3.44. The summed E-state index contributed by atoms with van der Waals surface area (Å²) in [4.78, 5) is 2.47. The molecular formula is C10H24N2. The van der Waals surface area contributed by atoms with Crippen molar-refractivity contribution in [3.63, 3.8) is 0 Å². The summed E-state index contributed by atoms with van der Waals surface area (Å²) in [7, 11) is 0. The number of likely N-dealkylation sites (N-methyl/N-ethyl adjacent to an activating group) is 1. The third-order valence-electron chi connectivity index (χ3n) is 2.30. The number of hydrogen-bond donors (Lipinski definition) is 1. The van der Waals surface area contributed by atoms with Crippen LogP contribution < -0.4 is 5.32 Å². The van der Waals surface area contributed by atoms with E-state index in [4.69, 9.17) is 0 Å². The highest BCUT2D eigenvalue weighted by atomic mass is 15.2. The van der Waals surface area contributed by atoms with Gasteiger partial charge in [-0.1, -0.05) is 20.8 Å². The molecule has 0 aromatic heterocycles. The minimum Gasteiger partial charge on any atom is -0.315 e. The minimum atomic E-state index is 0.673. The molecule has 0 aromatic carbocycles. The van der Waals surface area contributed by atoms with Crippen molar-refractivity contribution in [2.45, 2.75) is 40.2 Å². The Morgan fingerprint density at radius 1 is 1.17 bits per heavy atom. The smallest absolute Gasteiger partial charge is 0.0192 e. The Balaban J connectivity index is 3.47. The van der Waals surface area contributed by atoms with Gasteiger partial charge in [-0.25, -0.2) is 0 Å². The van der Waals surface area contributed by atoms with E-state index in [1.165, 1.54) is 6.42 Å². The van der Waals surface area contributed by atoms with Gasteiger partial charge in [0.2, 0.25) is 0 Å². The molecule has 12 heavy (non-hydrogen) atoms. The maximum Gasteiger partial charge on any atom is 0.0192 e. The van der Waals surface area contributed by atoms with Crippen LogP contribution in [0.25, 0.3) is 0 Å². The van der Waals surface area contributed by atoms with Crippen molar-refractivity contribution in [2.75, 3.05) is 26.2 Å². The van der Waals surface area contributed by atoms with Crippen molar-refractivity contribution in [3.8, 4) is 0 Å². The van der Waals surface area contributed by atoms with Crippen LogP contribution in [0.4, 0.5) is 0 Å². The lowest BCUT2D eigenvalue weighted by molar-refractivity contribution is 0.226. The summed E-state index contributed by atoms with van der Waals surface area (Å²) in [6, 6.07) is 0.673. The fourth-order valence-electron chi connectivity index (χ4n) is 1.46. The largest absolute Gasteiger partial charge is 0.315 e. The van der Waals surface area contributed by atoms with Crippen molar-refractivity contribution in [1.82, 2.24) is 10.2 Å². The van der Waals surface area contributed by atoms with Gasteiger partial charge in [0.25, 0.3) is 0 Å². The third kappa shape index (κ3) is 4.73. The topological polar surface area (TPSA) is 15.3 Å². The van der Waals surface area contributed by atoms with E-state index in [1.807, 2.05) is 0 Å². The molecule has 0 saturated carbocycles. The zero-order valence-electron chi connectivity index (χ0n) is 9.06. The summed E-state index contributed by atoms with van der Waals surface area (Å²) in [5, 5.41) is 3.44. The van der Waals surface area contributed by atoms with Gasteiger partial charge >= 0.3 is 0 Å². The van der Waals surface area contributed by atoms with Crippen LogP contribution in [0.5, 0.6) is 0 Å². The molecule has 0 saturated heterocycles. The van der Waals surface area contributed by atoms with Gasteiger partial charge in [0.15, 0.2) is 0 Å². The molecule has 2 nitrogen and oxygen atoms in total. The zero-order chi connectivity index (χ0) is 9.40. The lowest BCUT2D eigenvalue weighted by atomic mass is 10.2. The van der Waals surface area contributed by atoms with Crippen LogP contribution in [0.15, 0.2) is 0 Å². The number of nitrogens with one attached hydrogen (secondary N) is 1. The van der Waals surface area contributed by atoms with E-state index in [1.54, 1.807) is 0 Å². The molecule has 0 heterocycles. The molecule has 1 unspecified atom stereocenters. The standard InChI is InChI=1S/C10H24N2/c1-5-8-11-9-10(4)12(6-2)7-3/h10-11H,5-9H2,1-4H3. The van der Waals surface area contributed by atoms with Crippen LogP contribution in [-0.2, 0) is 0 Å². The van der Waals surface area contributed by atoms with Gasteiger partial charge in [-0.3, -0.25) is 4.90 Å². The van der Waals surface area contributed by atoms with Crippen molar-refractivity contribution in [1.29, 1.82) is 0 Å². The molecule has 74 valence electrons. The molecule has 0 aliphatic rings. The molecule has 0 bridgehead atoms. The lowest BCUT2D eigenvalue weighted by Gasteiger charge is -2.26. The van der Waals surface area contributed by atoms with Crippen LogP contribution in [0, 0.1) is 0 Å². The summed E-state index contributed by atoms with van der Waals surface area (Å²) < 4.78 is 0. The lowest BCUT2D eigenvalue weighted by Crippen LogP contribution is -2.40. The molecule has 1 N–H and O–H groups in total. The Labute approximate surface area is 77.3 Å². The van der Waals surface area contributed by atoms with Crippen LogP contribution in [0.1, 0.15) is 34.1 Å². The average Bonchev–Trinajstić information content (AvgIpc) is 2.07. The van der Waals surface area contributed by atoms with Gasteiger partial charge in [-0.2, -0.15) is 0 Å². The molecule has 2 heteroatoms. The molecule has 0 aromatic rings. The minimum absolute atomic E-state index is 0.673. The quantitative estimate of drug-likeness (QED) is 0.588. The maximum absolute atomic E-state index is 3.44. The molecule has 1 atom stereocenters. The highest BCUT2D eigenvalue weighted by Crippen LogP contribution is 1.95. The van der Waals surface area contributed by atoms with Gasteiger partial charge in [0, 0.05) is 12.6 Å². The van der Waals surface area contributed by atoms with Crippen molar-refractivity contribution in [3.05, 3.63) is 0 Å². The van der Waals surface area contributed by atoms with E-state index in [0.29, 0.717) is 6.04 Å². The van der Waals surface area contributed by atoms with Crippen molar-refractivity contribution >= 4 is 0 Å². The summed E-state index contributed by atoms with van der Waals surface area (Å²) in [5.74, 6) is 0. The molecule has 0 radical (unpaired) electrons. The summed E-state index contributed by atoms with van der Waals surface area (Å²) >= 11 is 0. The monoisotopic (exact) mass is 172 g/mol. The summed E-state index contributed by atoms with van der Waals surface area (Å²) in [5.41, 5.74) is 0.